The minimum absolute atomic E-state index is 0.0117. The Balaban J connectivity index is 3.38. The van der Waals surface area contributed by atoms with E-state index in [9.17, 15) is 13.2 Å². The fourth-order valence-corrected chi connectivity index (χ4v) is 0.933. The van der Waals surface area contributed by atoms with E-state index in [1.165, 1.54) is 13.0 Å². The molecule has 0 N–H and O–H groups in total. The van der Waals surface area contributed by atoms with Crippen molar-refractivity contribution in [3.05, 3.63) is 29.1 Å². The maximum absolute atomic E-state index is 13.1. The molecule has 0 heterocycles. The van der Waals surface area contributed by atoms with Crippen LogP contribution in [0.2, 0.25) is 0 Å². The van der Waals surface area contributed by atoms with E-state index in [1.807, 2.05) is 0 Å². The van der Waals surface area contributed by atoms with Gasteiger partial charge in [0.1, 0.15) is 6.07 Å². The van der Waals surface area contributed by atoms with Crippen LogP contribution in [0.3, 0.4) is 0 Å². The highest BCUT2D eigenvalue weighted by molar-refractivity contribution is 5.40. The van der Waals surface area contributed by atoms with Crippen LogP contribution in [0.15, 0.2) is 6.07 Å². The number of hydrogen-bond acceptors (Lipinski definition) is 2. The van der Waals surface area contributed by atoms with Gasteiger partial charge in [-0.15, -0.1) is 0 Å². The summed E-state index contributed by atoms with van der Waals surface area (Å²) in [4.78, 5) is 0. The molecule has 14 heavy (non-hydrogen) atoms. The van der Waals surface area contributed by atoms with Crippen molar-refractivity contribution in [3.63, 3.8) is 0 Å². The lowest BCUT2D eigenvalue weighted by atomic mass is 10.2. The molecule has 1 rings (SSSR count). The molecule has 2 nitrogen and oxygen atoms in total. The predicted octanol–water partition coefficient (Wildman–Crippen LogP) is 2.37. The number of rotatable bonds is 2. The molecule has 0 saturated carbocycles. The Morgan fingerprint density at radius 1 is 1.36 bits per heavy atom. The third kappa shape index (κ3) is 1.64. The van der Waals surface area contributed by atoms with Gasteiger partial charge in [-0.05, 0) is 13.0 Å². The smallest absolute Gasteiger partial charge is 0.203 e. The maximum atomic E-state index is 13.1. The van der Waals surface area contributed by atoms with Crippen molar-refractivity contribution in [2.75, 3.05) is 6.61 Å². The molecular formula is C9H6F3NO. The van der Waals surface area contributed by atoms with Crippen LogP contribution in [0.4, 0.5) is 13.2 Å². The van der Waals surface area contributed by atoms with E-state index in [-0.39, 0.29) is 6.61 Å². The molecule has 0 fully saturated rings. The van der Waals surface area contributed by atoms with Crippen LogP contribution >= 0.6 is 0 Å². The molecule has 0 bridgehead atoms. The topological polar surface area (TPSA) is 33.0 Å². The summed E-state index contributed by atoms with van der Waals surface area (Å²) >= 11 is 0. The second-order valence-electron chi connectivity index (χ2n) is 2.41. The van der Waals surface area contributed by atoms with Crippen molar-refractivity contribution in [2.45, 2.75) is 6.92 Å². The van der Waals surface area contributed by atoms with Crippen LogP contribution in [0.1, 0.15) is 12.5 Å². The third-order valence-corrected chi connectivity index (χ3v) is 1.53. The first-order valence-electron chi connectivity index (χ1n) is 3.82. The first-order valence-corrected chi connectivity index (χ1v) is 3.82. The summed E-state index contributed by atoms with van der Waals surface area (Å²) in [5.74, 6) is -4.73. The molecule has 0 radical (unpaired) electrons. The standard InChI is InChI=1S/C9H6F3NO/c1-2-14-9-7(11)5(4-13)3-6(10)8(9)12/h3H,2H2,1H3. The number of hydrogen-bond donors (Lipinski definition) is 0. The summed E-state index contributed by atoms with van der Waals surface area (Å²) in [7, 11) is 0. The van der Waals surface area contributed by atoms with Gasteiger partial charge in [0.15, 0.2) is 17.4 Å². The Kier molecular flexibility index (Phi) is 2.97. The molecule has 1 aromatic carbocycles. The van der Waals surface area contributed by atoms with Crippen molar-refractivity contribution in [3.8, 4) is 11.8 Å². The fraction of sp³-hybridized carbons (Fsp3) is 0.222. The van der Waals surface area contributed by atoms with E-state index < -0.39 is 28.8 Å². The number of nitrogens with zero attached hydrogens (tertiary/aromatic N) is 1. The molecule has 0 spiro atoms. The minimum atomic E-state index is -1.41. The Morgan fingerprint density at radius 3 is 2.50 bits per heavy atom. The summed E-state index contributed by atoms with van der Waals surface area (Å²) < 4.78 is 43.4. The highest BCUT2D eigenvalue weighted by Gasteiger charge is 2.19. The zero-order chi connectivity index (χ0) is 10.7. The molecule has 5 heteroatoms. The number of nitriles is 1. The Morgan fingerprint density at radius 2 is 2.00 bits per heavy atom. The normalized spacial score (nSPS) is 9.64. The first-order chi connectivity index (χ1) is 6.61. The van der Waals surface area contributed by atoms with Crippen molar-refractivity contribution in [1.82, 2.24) is 0 Å². The summed E-state index contributed by atoms with van der Waals surface area (Å²) in [6, 6.07) is 1.89. The molecule has 0 aromatic heterocycles. The van der Waals surface area contributed by atoms with Gasteiger partial charge in [-0.3, -0.25) is 0 Å². The lowest BCUT2D eigenvalue weighted by molar-refractivity contribution is 0.295. The van der Waals surface area contributed by atoms with Gasteiger partial charge in [0.05, 0.1) is 12.2 Å². The molecule has 0 saturated heterocycles. The molecule has 0 atom stereocenters. The van der Waals surface area contributed by atoms with Gasteiger partial charge in [0, 0.05) is 0 Å². The molecule has 0 amide bonds. The summed E-state index contributed by atoms with van der Waals surface area (Å²) in [5, 5.41) is 8.39. The van der Waals surface area contributed by atoms with Crippen LogP contribution in [0.25, 0.3) is 0 Å². The average molecular weight is 201 g/mol. The minimum Gasteiger partial charge on any atom is -0.488 e. The lowest BCUT2D eigenvalue weighted by Crippen LogP contribution is -2.02. The molecule has 0 aliphatic heterocycles. The Hall–Kier alpha value is -1.70. The number of ether oxygens (including phenoxy) is 1. The monoisotopic (exact) mass is 201 g/mol. The van der Waals surface area contributed by atoms with E-state index in [1.54, 1.807) is 0 Å². The summed E-state index contributed by atoms with van der Waals surface area (Å²) in [6.45, 7) is 1.48. The van der Waals surface area contributed by atoms with Crippen LogP contribution in [0.5, 0.6) is 5.75 Å². The van der Waals surface area contributed by atoms with Gasteiger partial charge in [-0.2, -0.15) is 9.65 Å². The number of halogens is 3. The van der Waals surface area contributed by atoms with E-state index >= 15 is 0 Å². The van der Waals surface area contributed by atoms with Crippen LogP contribution in [-0.4, -0.2) is 6.61 Å². The van der Waals surface area contributed by atoms with Gasteiger partial charge < -0.3 is 4.74 Å². The van der Waals surface area contributed by atoms with Crippen LogP contribution in [-0.2, 0) is 0 Å². The average Bonchev–Trinajstić information content (AvgIpc) is 2.18. The van der Waals surface area contributed by atoms with E-state index in [4.69, 9.17) is 5.26 Å². The summed E-state index contributed by atoms with van der Waals surface area (Å²) in [5.41, 5.74) is -0.577. The number of benzene rings is 1. The van der Waals surface area contributed by atoms with E-state index in [0.29, 0.717) is 6.07 Å². The fourth-order valence-electron chi connectivity index (χ4n) is 0.933. The maximum Gasteiger partial charge on any atom is 0.203 e. The van der Waals surface area contributed by atoms with Crippen LogP contribution in [0, 0.1) is 28.8 Å². The highest BCUT2D eigenvalue weighted by atomic mass is 19.2. The predicted molar refractivity (Wildman–Crippen MR) is 42.2 cm³/mol. The molecule has 0 aliphatic carbocycles. The van der Waals surface area contributed by atoms with Crippen LogP contribution < -0.4 is 4.74 Å². The molecule has 74 valence electrons. The van der Waals surface area contributed by atoms with Gasteiger partial charge in [0.25, 0.3) is 0 Å². The summed E-state index contributed by atoms with van der Waals surface area (Å²) in [6.07, 6.45) is 0. The second kappa shape index (κ2) is 4.01. The quantitative estimate of drug-likeness (QED) is 0.688. The van der Waals surface area contributed by atoms with Gasteiger partial charge >= 0.3 is 0 Å². The Bertz CT molecular complexity index is 398. The molecule has 0 aliphatic rings. The van der Waals surface area contributed by atoms with Crippen molar-refractivity contribution < 1.29 is 17.9 Å². The SMILES string of the molecule is CCOc1c(F)c(F)cc(C#N)c1F. The molecular weight excluding hydrogens is 195 g/mol. The van der Waals surface area contributed by atoms with E-state index in [2.05, 4.69) is 4.74 Å². The second-order valence-corrected chi connectivity index (χ2v) is 2.41. The largest absolute Gasteiger partial charge is 0.488 e. The molecule has 1 aromatic rings. The zero-order valence-electron chi connectivity index (χ0n) is 7.27. The highest BCUT2D eigenvalue weighted by Crippen LogP contribution is 2.26. The van der Waals surface area contributed by atoms with Crippen molar-refractivity contribution in [2.24, 2.45) is 0 Å². The Labute approximate surface area is 78.5 Å². The van der Waals surface area contributed by atoms with Gasteiger partial charge in [-0.1, -0.05) is 0 Å². The first kappa shape index (κ1) is 10.4. The van der Waals surface area contributed by atoms with Crippen molar-refractivity contribution >= 4 is 0 Å². The van der Waals surface area contributed by atoms with Gasteiger partial charge in [0.2, 0.25) is 5.82 Å². The molecule has 0 unspecified atom stereocenters. The third-order valence-electron chi connectivity index (χ3n) is 1.53. The lowest BCUT2D eigenvalue weighted by Gasteiger charge is -2.07. The zero-order valence-corrected chi connectivity index (χ0v) is 7.27. The van der Waals surface area contributed by atoms with E-state index in [0.717, 1.165) is 0 Å². The van der Waals surface area contributed by atoms with Crippen molar-refractivity contribution in [1.29, 1.82) is 5.26 Å². The van der Waals surface area contributed by atoms with Gasteiger partial charge in [-0.25, -0.2) is 8.78 Å².